The number of amides is 1. The predicted octanol–water partition coefficient (Wildman–Crippen LogP) is 7.95. The number of aromatic nitrogens is 2. The number of benzene rings is 4. The molecule has 4 aromatic carbocycles. The standard InChI is InChI=1S/C20H21N.C16H13N3O3.ClH/c1-21(2)15-7-12-20-18-10-5-3-8-16(18)13-14-17-9-4-6-11-19(17)20;1-22-16(21)19-15-17-12-8-7-11(9-13(12)18-15)14(20)10-5-3-2-4-6-10;/h3-6,8-14H,7,15H2,1-2H3;2-9H,1H3,(H2,17,18,19,21);1H. The van der Waals surface area contributed by atoms with Gasteiger partial charge in [-0.15, -0.1) is 12.4 Å². The molecule has 224 valence electrons. The molecule has 0 bridgehead atoms. The zero-order chi connectivity index (χ0) is 30.2. The molecule has 0 spiro atoms. The summed E-state index contributed by atoms with van der Waals surface area (Å²) in [6, 6.07) is 31.5. The van der Waals surface area contributed by atoms with Gasteiger partial charge >= 0.3 is 6.09 Å². The maximum Gasteiger partial charge on any atom is 0.413 e. The number of H-pyrrole nitrogens is 1. The number of halogens is 1. The van der Waals surface area contributed by atoms with Gasteiger partial charge in [-0.05, 0) is 66.5 Å². The Bertz CT molecular complexity index is 1760. The Labute approximate surface area is 263 Å². The molecule has 0 saturated heterocycles. The van der Waals surface area contributed by atoms with E-state index in [1.54, 1.807) is 30.3 Å². The van der Waals surface area contributed by atoms with E-state index in [4.69, 9.17) is 0 Å². The first-order valence-electron chi connectivity index (χ1n) is 14.1. The van der Waals surface area contributed by atoms with Gasteiger partial charge in [0, 0.05) is 17.7 Å². The van der Waals surface area contributed by atoms with E-state index in [1.165, 1.54) is 34.9 Å². The molecule has 44 heavy (non-hydrogen) atoms. The average molecular weight is 607 g/mol. The smallest absolute Gasteiger partial charge is 0.413 e. The maximum absolute atomic E-state index is 12.4. The van der Waals surface area contributed by atoms with Gasteiger partial charge in [-0.25, -0.2) is 9.78 Å². The molecule has 0 aliphatic heterocycles. The number of nitrogens with one attached hydrogen (secondary N) is 2. The van der Waals surface area contributed by atoms with Gasteiger partial charge in [-0.3, -0.25) is 10.1 Å². The number of aromatic amines is 1. The van der Waals surface area contributed by atoms with E-state index in [0.29, 0.717) is 22.2 Å². The van der Waals surface area contributed by atoms with Crippen LogP contribution in [0.4, 0.5) is 10.7 Å². The molecular formula is C36H35ClN4O3. The molecule has 0 fully saturated rings. The molecule has 8 heteroatoms. The van der Waals surface area contributed by atoms with Gasteiger partial charge in [-0.1, -0.05) is 97.1 Å². The molecule has 0 saturated carbocycles. The number of imidazole rings is 1. The van der Waals surface area contributed by atoms with Crippen molar-refractivity contribution in [1.82, 2.24) is 14.9 Å². The van der Waals surface area contributed by atoms with Crippen LogP contribution in [0.25, 0.3) is 28.8 Å². The summed E-state index contributed by atoms with van der Waals surface area (Å²) in [6.45, 7) is 1.07. The van der Waals surface area contributed by atoms with Crippen molar-refractivity contribution in [3.05, 3.63) is 137 Å². The molecule has 5 aromatic rings. The Morgan fingerprint density at radius 1 is 0.841 bits per heavy atom. The van der Waals surface area contributed by atoms with Crippen LogP contribution in [0.2, 0.25) is 0 Å². The third-order valence-corrected chi connectivity index (χ3v) is 7.06. The minimum absolute atomic E-state index is 0. The first-order chi connectivity index (χ1) is 20.9. The molecule has 1 heterocycles. The summed E-state index contributed by atoms with van der Waals surface area (Å²) in [5.41, 5.74) is 9.09. The lowest BCUT2D eigenvalue weighted by atomic mass is 9.93. The van der Waals surface area contributed by atoms with Gasteiger partial charge in [-0.2, -0.15) is 0 Å². The summed E-state index contributed by atoms with van der Waals surface area (Å²) in [5, 5.41) is 2.45. The molecule has 7 nitrogen and oxygen atoms in total. The number of anilines is 1. The number of methoxy groups -OCH3 is 1. The van der Waals surface area contributed by atoms with Crippen molar-refractivity contribution in [2.75, 3.05) is 33.1 Å². The van der Waals surface area contributed by atoms with E-state index >= 15 is 0 Å². The summed E-state index contributed by atoms with van der Waals surface area (Å²) >= 11 is 0. The highest BCUT2D eigenvalue weighted by Gasteiger charge is 2.14. The van der Waals surface area contributed by atoms with Gasteiger partial charge in [0.2, 0.25) is 5.95 Å². The highest BCUT2D eigenvalue weighted by molar-refractivity contribution is 6.10. The van der Waals surface area contributed by atoms with Crippen LogP contribution in [0.1, 0.15) is 44.6 Å². The van der Waals surface area contributed by atoms with Crippen LogP contribution in [0.15, 0.2) is 103 Å². The normalized spacial score (nSPS) is 11.3. The minimum Gasteiger partial charge on any atom is -0.453 e. The third kappa shape index (κ3) is 7.69. The molecule has 1 aromatic heterocycles. The summed E-state index contributed by atoms with van der Waals surface area (Å²) in [4.78, 5) is 32.9. The van der Waals surface area contributed by atoms with E-state index in [2.05, 4.69) is 106 Å². The fraction of sp³-hybridized carbons (Fsp3) is 0.139. The largest absolute Gasteiger partial charge is 0.453 e. The average Bonchev–Trinajstić information content (AvgIpc) is 3.36. The van der Waals surface area contributed by atoms with Crippen molar-refractivity contribution < 1.29 is 14.3 Å². The van der Waals surface area contributed by atoms with Crippen molar-refractivity contribution in [1.29, 1.82) is 0 Å². The van der Waals surface area contributed by atoms with Crippen molar-refractivity contribution in [3.63, 3.8) is 0 Å². The Balaban J connectivity index is 0.000000197. The van der Waals surface area contributed by atoms with Crippen molar-refractivity contribution >= 4 is 59.0 Å². The van der Waals surface area contributed by atoms with Crippen molar-refractivity contribution in [2.45, 2.75) is 6.42 Å². The molecule has 0 radical (unpaired) electrons. The van der Waals surface area contributed by atoms with Gasteiger partial charge in [0.25, 0.3) is 0 Å². The van der Waals surface area contributed by atoms with Crippen molar-refractivity contribution in [3.8, 4) is 0 Å². The number of nitrogens with zero attached hydrogens (tertiary/aromatic N) is 2. The summed E-state index contributed by atoms with van der Waals surface area (Å²) in [7, 11) is 5.51. The van der Waals surface area contributed by atoms with Crippen LogP contribution < -0.4 is 5.32 Å². The Hall–Kier alpha value is -4.98. The van der Waals surface area contributed by atoms with Gasteiger partial charge in [0.1, 0.15) is 0 Å². The van der Waals surface area contributed by atoms with Crippen LogP contribution in [0.5, 0.6) is 0 Å². The lowest BCUT2D eigenvalue weighted by molar-refractivity contribution is 0.103. The van der Waals surface area contributed by atoms with E-state index in [9.17, 15) is 9.59 Å². The van der Waals surface area contributed by atoms with Crippen LogP contribution in [-0.4, -0.2) is 54.5 Å². The fourth-order valence-corrected chi connectivity index (χ4v) is 4.90. The predicted molar refractivity (Wildman–Crippen MR) is 181 cm³/mol. The number of ether oxygens (including phenoxy) is 1. The Kier molecular flexibility index (Phi) is 10.9. The fourth-order valence-electron chi connectivity index (χ4n) is 4.90. The lowest BCUT2D eigenvalue weighted by Crippen LogP contribution is -2.12. The van der Waals surface area contributed by atoms with E-state index in [0.717, 1.165) is 13.0 Å². The first kappa shape index (κ1) is 31.9. The number of fused-ring (bicyclic) bond motifs is 3. The quantitative estimate of drug-likeness (QED) is 0.188. The highest BCUT2D eigenvalue weighted by atomic mass is 35.5. The topological polar surface area (TPSA) is 87.3 Å². The Morgan fingerprint density at radius 3 is 2.07 bits per heavy atom. The second-order valence-electron chi connectivity index (χ2n) is 10.3. The van der Waals surface area contributed by atoms with Crippen LogP contribution in [-0.2, 0) is 4.74 Å². The van der Waals surface area contributed by atoms with Crippen LogP contribution >= 0.6 is 12.4 Å². The number of carbonyl (C=O) groups is 2. The second kappa shape index (κ2) is 15.0. The summed E-state index contributed by atoms with van der Waals surface area (Å²) in [6.07, 6.45) is 7.28. The number of ketones is 1. The summed E-state index contributed by atoms with van der Waals surface area (Å²) in [5.74, 6) is 0.200. The van der Waals surface area contributed by atoms with Crippen molar-refractivity contribution in [2.24, 2.45) is 0 Å². The maximum atomic E-state index is 12.4. The molecule has 1 aliphatic carbocycles. The minimum atomic E-state index is -0.611. The zero-order valence-corrected chi connectivity index (χ0v) is 25.7. The van der Waals surface area contributed by atoms with Gasteiger partial charge in [0.05, 0.1) is 18.1 Å². The molecule has 0 unspecified atom stereocenters. The second-order valence-corrected chi connectivity index (χ2v) is 10.3. The molecule has 6 rings (SSSR count). The number of hydrogen-bond acceptors (Lipinski definition) is 5. The number of carbonyl (C=O) groups excluding carboxylic acids is 2. The SMILES string of the molecule is CN(C)CCC=C1c2ccccc2C=Cc2ccccc21.COC(=O)Nc1nc2ccc(C(=O)c3ccccc3)cc2[nH]1.Cl. The van der Waals surface area contributed by atoms with Crippen LogP contribution in [0.3, 0.4) is 0 Å². The highest BCUT2D eigenvalue weighted by Crippen LogP contribution is 2.33. The molecule has 2 N–H and O–H groups in total. The molecule has 1 amide bonds. The van der Waals surface area contributed by atoms with Gasteiger partial charge in [0.15, 0.2) is 5.78 Å². The van der Waals surface area contributed by atoms with Crippen LogP contribution in [0, 0.1) is 0 Å². The van der Waals surface area contributed by atoms with E-state index in [1.807, 2.05) is 18.2 Å². The summed E-state index contributed by atoms with van der Waals surface area (Å²) < 4.78 is 4.51. The lowest BCUT2D eigenvalue weighted by Gasteiger charge is -2.13. The Morgan fingerprint density at radius 2 is 1.45 bits per heavy atom. The number of rotatable bonds is 6. The molecule has 1 aliphatic rings. The van der Waals surface area contributed by atoms with E-state index < -0.39 is 6.09 Å². The van der Waals surface area contributed by atoms with E-state index in [-0.39, 0.29) is 24.1 Å². The zero-order valence-electron chi connectivity index (χ0n) is 24.9. The monoisotopic (exact) mass is 606 g/mol. The molecular weight excluding hydrogens is 572 g/mol. The third-order valence-electron chi connectivity index (χ3n) is 7.06. The molecule has 0 atom stereocenters. The number of hydrogen-bond donors (Lipinski definition) is 2. The van der Waals surface area contributed by atoms with Gasteiger partial charge < -0.3 is 14.6 Å². The first-order valence-corrected chi connectivity index (χ1v) is 14.1.